The molecule has 0 aromatic carbocycles. The average Bonchev–Trinajstić information content (AvgIpc) is 2.44. The Bertz CT molecular complexity index is 56.5. The van der Waals surface area contributed by atoms with E-state index < -0.39 is 0 Å². The van der Waals surface area contributed by atoms with E-state index >= 15 is 0 Å². The minimum atomic E-state index is 0. The fourth-order valence-electron chi connectivity index (χ4n) is 0.714. The van der Waals surface area contributed by atoms with Crippen molar-refractivity contribution in [2.24, 2.45) is 0 Å². The van der Waals surface area contributed by atoms with E-state index in [0.29, 0.717) is 0 Å². The van der Waals surface area contributed by atoms with Crippen LogP contribution in [-0.2, 0) is 9.47 Å². The molecule has 12 heavy (non-hydrogen) atoms. The van der Waals surface area contributed by atoms with Crippen LogP contribution in [0.3, 0.4) is 0 Å². The molecule has 0 radical (unpaired) electrons. The summed E-state index contributed by atoms with van der Waals surface area (Å²) in [5.74, 6) is 0. The molecule has 0 unspecified atom stereocenters. The molecule has 0 saturated carbocycles. The first-order valence-corrected chi connectivity index (χ1v) is 4.07. The van der Waals surface area contributed by atoms with Crippen molar-refractivity contribution < 1.29 is 29.8 Å². The third-order valence-electron chi connectivity index (χ3n) is 1.24. The minimum absolute atomic E-state index is 0. The summed E-state index contributed by atoms with van der Waals surface area (Å²) < 4.78 is 9.78. The van der Waals surface area contributed by atoms with Crippen LogP contribution in [0.15, 0.2) is 0 Å². The van der Waals surface area contributed by atoms with E-state index in [-0.39, 0.29) is 37.6 Å². The van der Waals surface area contributed by atoms with Gasteiger partial charge in [-0.15, -0.1) is 0 Å². The monoisotopic (exact) mass is 184 g/mol. The van der Waals surface area contributed by atoms with Crippen molar-refractivity contribution in [3.05, 3.63) is 0 Å². The Balaban J connectivity index is -0.0000000506. The number of rotatable bonds is 2. The molecule has 1 saturated heterocycles. The Labute approximate surface area is 100 Å². The Hall–Kier alpha value is 1.05. The van der Waals surface area contributed by atoms with Crippen LogP contribution >= 0.6 is 0 Å². The molecule has 0 spiro atoms. The van der Waals surface area contributed by atoms with E-state index in [1.54, 1.807) is 0 Å². The van der Waals surface area contributed by atoms with Crippen LogP contribution in [0.2, 0.25) is 0 Å². The molecule has 0 aliphatic carbocycles. The number of hydrogen-bond acceptors (Lipinski definition) is 2. The van der Waals surface area contributed by atoms with Crippen molar-refractivity contribution in [3.63, 3.8) is 0 Å². The molecule has 1 rings (SSSR count). The molecule has 0 atom stereocenters. The Morgan fingerprint density at radius 2 is 1.58 bits per heavy atom. The first kappa shape index (κ1) is 18.8. The molecule has 1 heterocycles. The van der Waals surface area contributed by atoms with Gasteiger partial charge in [-0.05, 0) is 26.7 Å². The topological polar surface area (TPSA) is 18.5 Å². The molecular formula is C8H22AlLiO2. The van der Waals surface area contributed by atoms with Gasteiger partial charge in [-0.2, -0.15) is 0 Å². The van der Waals surface area contributed by atoms with Gasteiger partial charge in [0.1, 0.15) is 0 Å². The van der Waals surface area contributed by atoms with Crippen LogP contribution in [0.4, 0.5) is 0 Å². The van der Waals surface area contributed by atoms with E-state index in [0.717, 1.165) is 26.4 Å². The summed E-state index contributed by atoms with van der Waals surface area (Å²) >= 11 is 0. The largest absolute Gasteiger partial charge is 1.00 e. The summed E-state index contributed by atoms with van der Waals surface area (Å²) in [5, 5.41) is 0. The predicted molar refractivity (Wildman–Crippen MR) is 53.3 cm³/mol. The van der Waals surface area contributed by atoms with Crippen LogP contribution in [-0.4, -0.2) is 43.8 Å². The zero-order valence-corrected chi connectivity index (χ0v) is 8.06. The van der Waals surface area contributed by atoms with Crippen molar-refractivity contribution >= 4 is 17.4 Å². The molecule has 0 N–H and O–H groups in total. The standard InChI is InChI=1S/C4H8O.C4H10O.Al.Li.4H/c1-2-4-5-3-1;1-3-5-4-2;;;;;;/h1-4H2;3-4H2,1-2H3;;;;;;/q;;;+1;;;;-1. The summed E-state index contributed by atoms with van der Waals surface area (Å²) in [5.41, 5.74) is 0. The summed E-state index contributed by atoms with van der Waals surface area (Å²) in [6.45, 7) is 7.67. The SMILES string of the molecule is C1CCOC1.CCOCC.[AlH3].[H-].[Li+]. The Kier molecular flexibility index (Phi) is 28.1. The molecule has 0 bridgehead atoms. The second-order valence-electron chi connectivity index (χ2n) is 2.10. The molecule has 2 nitrogen and oxygen atoms in total. The Morgan fingerprint density at radius 1 is 1.17 bits per heavy atom. The van der Waals surface area contributed by atoms with E-state index in [4.69, 9.17) is 9.47 Å². The smallest absolute Gasteiger partial charge is 1.00 e. The molecule has 4 heteroatoms. The van der Waals surface area contributed by atoms with Crippen molar-refractivity contribution in [3.8, 4) is 0 Å². The molecule has 70 valence electrons. The van der Waals surface area contributed by atoms with E-state index in [9.17, 15) is 0 Å². The van der Waals surface area contributed by atoms with Gasteiger partial charge in [-0.1, -0.05) is 0 Å². The summed E-state index contributed by atoms with van der Waals surface area (Å²) in [6, 6.07) is 0. The number of hydrogen-bond donors (Lipinski definition) is 0. The van der Waals surface area contributed by atoms with Gasteiger partial charge in [0.05, 0.1) is 0 Å². The minimum Gasteiger partial charge on any atom is -1.00 e. The average molecular weight is 184 g/mol. The molecule has 1 aliphatic rings. The fraction of sp³-hybridized carbons (Fsp3) is 1.00. The summed E-state index contributed by atoms with van der Waals surface area (Å²) in [7, 11) is 0. The third kappa shape index (κ3) is 17.2. The fourth-order valence-corrected chi connectivity index (χ4v) is 0.714. The van der Waals surface area contributed by atoms with Crippen LogP contribution in [0.5, 0.6) is 0 Å². The van der Waals surface area contributed by atoms with Gasteiger partial charge in [-0.25, -0.2) is 0 Å². The van der Waals surface area contributed by atoms with Crippen LogP contribution in [0, 0.1) is 0 Å². The summed E-state index contributed by atoms with van der Waals surface area (Å²) in [6.07, 6.45) is 2.56. The molecule has 1 fully saturated rings. The van der Waals surface area contributed by atoms with E-state index in [1.807, 2.05) is 13.8 Å². The second-order valence-corrected chi connectivity index (χ2v) is 2.10. The quantitative estimate of drug-likeness (QED) is 0.452. The van der Waals surface area contributed by atoms with Crippen molar-refractivity contribution in [1.82, 2.24) is 0 Å². The number of ether oxygens (including phenoxy) is 2. The molecular weight excluding hydrogens is 162 g/mol. The summed E-state index contributed by atoms with van der Waals surface area (Å²) in [4.78, 5) is 0. The van der Waals surface area contributed by atoms with Crippen LogP contribution in [0.25, 0.3) is 0 Å². The maximum absolute atomic E-state index is 4.94. The first-order chi connectivity index (χ1) is 4.91. The third-order valence-corrected chi connectivity index (χ3v) is 1.24. The van der Waals surface area contributed by atoms with Crippen molar-refractivity contribution in [2.45, 2.75) is 26.7 Å². The first-order valence-electron chi connectivity index (χ1n) is 4.07. The van der Waals surface area contributed by atoms with Gasteiger partial charge in [-0.3, -0.25) is 0 Å². The van der Waals surface area contributed by atoms with Gasteiger partial charge in [0.2, 0.25) is 0 Å². The van der Waals surface area contributed by atoms with Crippen molar-refractivity contribution in [1.29, 1.82) is 0 Å². The zero-order chi connectivity index (χ0) is 7.66. The maximum Gasteiger partial charge on any atom is 1.00 e. The maximum atomic E-state index is 4.94. The van der Waals surface area contributed by atoms with Crippen LogP contribution in [0.1, 0.15) is 28.1 Å². The van der Waals surface area contributed by atoms with Gasteiger partial charge < -0.3 is 10.9 Å². The van der Waals surface area contributed by atoms with Crippen LogP contribution < -0.4 is 18.9 Å². The predicted octanol–water partition coefficient (Wildman–Crippen LogP) is -2.23. The normalized spacial score (nSPS) is 13.5. The zero-order valence-electron chi connectivity index (χ0n) is 9.06. The van der Waals surface area contributed by atoms with E-state index in [2.05, 4.69) is 0 Å². The van der Waals surface area contributed by atoms with Crippen molar-refractivity contribution in [2.75, 3.05) is 26.4 Å². The molecule has 0 amide bonds. The molecule has 1 aliphatic heterocycles. The van der Waals surface area contributed by atoms with E-state index in [1.165, 1.54) is 12.8 Å². The second kappa shape index (κ2) is 18.0. The van der Waals surface area contributed by atoms with Gasteiger partial charge in [0, 0.05) is 26.4 Å². The molecule has 0 aromatic rings. The van der Waals surface area contributed by atoms with Gasteiger partial charge >= 0.3 is 18.9 Å². The van der Waals surface area contributed by atoms with Gasteiger partial charge in [0.15, 0.2) is 17.4 Å². The molecule has 0 aromatic heterocycles. The Morgan fingerprint density at radius 3 is 1.67 bits per heavy atom. The van der Waals surface area contributed by atoms with Gasteiger partial charge in [0.25, 0.3) is 0 Å².